The van der Waals surface area contributed by atoms with Gasteiger partial charge in [0, 0.05) is 6.04 Å². The zero-order valence-electron chi connectivity index (χ0n) is 14.0. The Morgan fingerprint density at radius 3 is 2.45 bits per heavy atom. The predicted molar refractivity (Wildman–Crippen MR) is 79.4 cm³/mol. The third kappa shape index (κ3) is 5.01. The van der Waals surface area contributed by atoms with Gasteiger partial charge in [-0.25, -0.2) is 14.3 Å². The Bertz CT molecular complexity index is 531. The molecule has 1 heterocycles. The van der Waals surface area contributed by atoms with E-state index in [9.17, 15) is 9.59 Å². The highest BCUT2D eigenvalue weighted by molar-refractivity contribution is 5.88. The second kappa shape index (κ2) is 7.24. The molecule has 0 unspecified atom stereocenters. The Morgan fingerprint density at radius 2 is 1.95 bits per heavy atom. The number of carbonyl (C=O) groups excluding carboxylic acids is 2. The van der Waals surface area contributed by atoms with E-state index < -0.39 is 17.7 Å². The Morgan fingerprint density at radius 1 is 1.32 bits per heavy atom. The van der Waals surface area contributed by atoms with Gasteiger partial charge in [-0.3, -0.25) is 0 Å². The molecule has 0 radical (unpaired) electrons. The molecule has 0 aromatic carbocycles. The Kier molecular flexibility index (Phi) is 5.90. The molecule has 1 amide bonds. The molecular weight excluding hydrogens is 288 g/mol. The minimum Gasteiger partial charge on any atom is -0.461 e. The van der Waals surface area contributed by atoms with Gasteiger partial charge in [-0.15, -0.1) is 5.10 Å². The van der Waals surface area contributed by atoms with Crippen molar-refractivity contribution in [1.29, 1.82) is 0 Å². The van der Waals surface area contributed by atoms with Crippen molar-refractivity contribution in [2.75, 3.05) is 6.61 Å². The number of hydrogen-bond donors (Lipinski definition) is 1. The zero-order chi connectivity index (χ0) is 16.9. The summed E-state index contributed by atoms with van der Waals surface area (Å²) in [6, 6.07) is -0.00823. The summed E-state index contributed by atoms with van der Waals surface area (Å²) < 4.78 is 11.7. The van der Waals surface area contributed by atoms with Crippen molar-refractivity contribution in [3.05, 3.63) is 11.4 Å². The van der Waals surface area contributed by atoms with Crippen molar-refractivity contribution in [2.24, 2.45) is 0 Å². The van der Waals surface area contributed by atoms with E-state index in [1.54, 1.807) is 32.4 Å². The van der Waals surface area contributed by atoms with E-state index in [1.807, 2.05) is 13.8 Å². The molecule has 0 bridgehead atoms. The SMILES string of the molecule is CCOC(=O)c1nnn(C(C)C)c1CNC(=O)OC(C)(C)C. The molecule has 8 heteroatoms. The quantitative estimate of drug-likeness (QED) is 0.836. The molecule has 1 aromatic rings. The number of alkyl carbamates (subject to hydrolysis) is 1. The second-order valence-electron chi connectivity index (χ2n) is 6.00. The van der Waals surface area contributed by atoms with Crippen molar-refractivity contribution in [3.8, 4) is 0 Å². The summed E-state index contributed by atoms with van der Waals surface area (Å²) in [6.07, 6.45) is -0.571. The van der Waals surface area contributed by atoms with Crippen LogP contribution in [0, 0.1) is 0 Å². The summed E-state index contributed by atoms with van der Waals surface area (Å²) in [4.78, 5) is 23.6. The fourth-order valence-corrected chi connectivity index (χ4v) is 1.72. The molecule has 1 rings (SSSR count). The molecule has 124 valence electrons. The number of esters is 1. The lowest BCUT2D eigenvalue weighted by Gasteiger charge is -2.20. The van der Waals surface area contributed by atoms with Crippen molar-refractivity contribution in [1.82, 2.24) is 20.3 Å². The summed E-state index contributed by atoms with van der Waals surface area (Å²) in [6.45, 7) is 11.2. The minimum absolute atomic E-state index is 0.00823. The molecule has 0 spiro atoms. The maximum atomic E-state index is 11.9. The van der Waals surface area contributed by atoms with Crippen LogP contribution >= 0.6 is 0 Å². The second-order valence-corrected chi connectivity index (χ2v) is 6.00. The largest absolute Gasteiger partial charge is 0.461 e. The number of nitrogens with zero attached hydrogens (tertiary/aromatic N) is 3. The van der Waals surface area contributed by atoms with Gasteiger partial charge in [0.25, 0.3) is 0 Å². The van der Waals surface area contributed by atoms with Crippen LogP contribution < -0.4 is 5.32 Å². The van der Waals surface area contributed by atoms with Gasteiger partial charge < -0.3 is 14.8 Å². The van der Waals surface area contributed by atoms with Crippen molar-refractivity contribution < 1.29 is 19.1 Å². The lowest BCUT2D eigenvalue weighted by Crippen LogP contribution is -2.33. The number of hydrogen-bond acceptors (Lipinski definition) is 6. The third-order valence-electron chi connectivity index (χ3n) is 2.55. The van der Waals surface area contributed by atoms with Crippen molar-refractivity contribution in [3.63, 3.8) is 0 Å². The van der Waals surface area contributed by atoms with E-state index in [0.717, 1.165) is 0 Å². The van der Waals surface area contributed by atoms with Crippen LogP contribution in [-0.2, 0) is 16.0 Å². The van der Waals surface area contributed by atoms with E-state index in [2.05, 4.69) is 15.6 Å². The number of rotatable bonds is 5. The summed E-state index contributed by atoms with van der Waals surface area (Å²) in [5, 5.41) is 10.4. The monoisotopic (exact) mass is 312 g/mol. The van der Waals surface area contributed by atoms with E-state index in [0.29, 0.717) is 5.69 Å². The molecule has 0 aliphatic heterocycles. The summed E-state index contributed by atoms with van der Waals surface area (Å²) in [7, 11) is 0. The zero-order valence-corrected chi connectivity index (χ0v) is 14.0. The van der Waals surface area contributed by atoms with Gasteiger partial charge in [0.05, 0.1) is 18.8 Å². The number of aromatic nitrogens is 3. The molecule has 8 nitrogen and oxygen atoms in total. The van der Waals surface area contributed by atoms with Crippen LogP contribution in [-0.4, -0.2) is 39.3 Å². The van der Waals surface area contributed by atoms with Crippen LogP contribution in [0.25, 0.3) is 0 Å². The topological polar surface area (TPSA) is 95.3 Å². The molecular formula is C14H24N4O4. The Hall–Kier alpha value is -2.12. The highest BCUT2D eigenvalue weighted by Gasteiger charge is 2.23. The van der Waals surface area contributed by atoms with E-state index in [-0.39, 0.29) is 24.9 Å². The van der Waals surface area contributed by atoms with E-state index >= 15 is 0 Å². The first-order valence-corrected chi connectivity index (χ1v) is 7.23. The van der Waals surface area contributed by atoms with E-state index in [4.69, 9.17) is 9.47 Å². The third-order valence-corrected chi connectivity index (χ3v) is 2.55. The molecule has 22 heavy (non-hydrogen) atoms. The normalized spacial score (nSPS) is 11.4. The molecule has 0 fully saturated rings. The highest BCUT2D eigenvalue weighted by atomic mass is 16.6. The van der Waals surface area contributed by atoms with Crippen molar-refractivity contribution >= 4 is 12.1 Å². The van der Waals surface area contributed by atoms with Gasteiger partial charge in [-0.2, -0.15) is 0 Å². The molecule has 1 aromatic heterocycles. The molecule has 0 atom stereocenters. The fraction of sp³-hybridized carbons (Fsp3) is 0.714. The molecule has 0 aliphatic rings. The fourth-order valence-electron chi connectivity index (χ4n) is 1.72. The minimum atomic E-state index is -0.593. The van der Waals surface area contributed by atoms with Gasteiger partial charge in [-0.05, 0) is 41.5 Å². The number of amides is 1. The smallest absolute Gasteiger partial charge is 0.407 e. The summed E-state index contributed by atoms with van der Waals surface area (Å²) in [5.41, 5.74) is -0.00385. The van der Waals surface area contributed by atoms with Crippen LogP contribution in [0.2, 0.25) is 0 Å². The molecule has 0 aliphatic carbocycles. The Balaban J connectivity index is 2.89. The van der Waals surface area contributed by atoms with Crippen LogP contribution in [0.5, 0.6) is 0 Å². The molecule has 0 saturated heterocycles. The first-order valence-electron chi connectivity index (χ1n) is 7.23. The standard InChI is InChI=1S/C14H24N4O4/c1-7-21-12(19)11-10(18(9(2)3)17-16-11)8-15-13(20)22-14(4,5)6/h9H,7-8H2,1-6H3,(H,15,20). The highest BCUT2D eigenvalue weighted by Crippen LogP contribution is 2.13. The molecule has 1 N–H and O–H groups in total. The first-order chi connectivity index (χ1) is 10.2. The number of ether oxygens (including phenoxy) is 2. The van der Waals surface area contributed by atoms with Crippen molar-refractivity contribution in [2.45, 2.75) is 59.7 Å². The Labute approximate surface area is 130 Å². The first kappa shape index (κ1) is 17.9. The number of nitrogens with one attached hydrogen (secondary N) is 1. The van der Waals surface area contributed by atoms with Gasteiger partial charge in [-0.1, -0.05) is 5.21 Å². The van der Waals surface area contributed by atoms with Gasteiger partial charge in [0.15, 0.2) is 5.69 Å². The maximum Gasteiger partial charge on any atom is 0.407 e. The average molecular weight is 312 g/mol. The van der Waals surface area contributed by atoms with Crippen LogP contribution in [0.15, 0.2) is 0 Å². The van der Waals surface area contributed by atoms with Gasteiger partial charge in [0.2, 0.25) is 0 Å². The van der Waals surface area contributed by atoms with Crippen LogP contribution in [0.4, 0.5) is 4.79 Å². The summed E-state index contributed by atoms with van der Waals surface area (Å²) in [5.74, 6) is -0.560. The molecule has 0 saturated carbocycles. The predicted octanol–water partition coefficient (Wildman–Crippen LogP) is 2.06. The summed E-state index contributed by atoms with van der Waals surface area (Å²) >= 11 is 0. The lowest BCUT2D eigenvalue weighted by atomic mass is 10.2. The van der Waals surface area contributed by atoms with E-state index in [1.165, 1.54) is 0 Å². The van der Waals surface area contributed by atoms with Crippen LogP contribution in [0.1, 0.15) is 63.8 Å². The van der Waals surface area contributed by atoms with Crippen LogP contribution in [0.3, 0.4) is 0 Å². The average Bonchev–Trinajstić information content (AvgIpc) is 2.78. The maximum absolute atomic E-state index is 11.9. The van der Waals surface area contributed by atoms with Gasteiger partial charge >= 0.3 is 12.1 Å². The number of carbonyl (C=O) groups is 2. The van der Waals surface area contributed by atoms with Gasteiger partial charge in [0.1, 0.15) is 5.60 Å². The lowest BCUT2D eigenvalue weighted by molar-refractivity contribution is 0.0497.